The number of nitrogens with two attached hydrogens (primary N) is 1. The molecule has 35 heavy (non-hydrogen) atoms. The number of likely N-dealkylation sites (tertiary alicyclic amines) is 1. The monoisotopic (exact) mass is 484 g/mol. The molecule has 1 aliphatic heterocycles. The van der Waals surface area contributed by atoms with Gasteiger partial charge in [0.25, 0.3) is 0 Å². The Morgan fingerprint density at radius 2 is 1.69 bits per heavy atom. The summed E-state index contributed by atoms with van der Waals surface area (Å²) in [6.07, 6.45) is 8.62. The average Bonchev–Trinajstić information content (AvgIpc) is 2.86. The summed E-state index contributed by atoms with van der Waals surface area (Å²) in [6.45, 7) is 1.86. The van der Waals surface area contributed by atoms with Crippen molar-refractivity contribution in [3.63, 3.8) is 0 Å². The molecule has 192 valence electrons. The van der Waals surface area contributed by atoms with Gasteiger partial charge in [0.05, 0.1) is 6.54 Å². The zero-order chi connectivity index (χ0) is 25.4. The number of carbonyl (C=O) groups excluding carboxylic acids is 3. The molecule has 1 aliphatic carbocycles. The Bertz CT molecular complexity index is 887. The molecule has 1 saturated heterocycles. The van der Waals surface area contributed by atoms with E-state index in [2.05, 4.69) is 15.5 Å². The van der Waals surface area contributed by atoms with Gasteiger partial charge in [0, 0.05) is 44.8 Å². The summed E-state index contributed by atoms with van der Waals surface area (Å²) in [5.74, 6) is -2.01. The van der Waals surface area contributed by atoms with Crippen molar-refractivity contribution in [1.29, 1.82) is 5.41 Å². The number of nitrogen functional groups attached to an aromatic ring is 1. The molecule has 1 aromatic rings. The van der Waals surface area contributed by atoms with Crippen LogP contribution >= 0.6 is 0 Å². The number of nitrogens with zero attached hydrogens (tertiary/aromatic N) is 2. The van der Waals surface area contributed by atoms with Crippen molar-refractivity contribution in [2.24, 2.45) is 11.7 Å². The molecule has 0 radical (unpaired) electrons. The molecule has 3 amide bonds. The summed E-state index contributed by atoms with van der Waals surface area (Å²) in [4.78, 5) is 42.1. The van der Waals surface area contributed by atoms with Crippen molar-refractivity contribution in [1.82, 2.24) is 20.4 Å². The highest BCUT2D eigenvalue weighted by atomic mass is 16.2. The van der Waals surface area contributed by atoms with Crippen LogP contribution in [0.5, 0.6) is 0 Å². The third-order valence-corrected chi connectivity index (χ3v) is 7.17. The Morgan fingerprint density at radius 3 is 2.26 bits per heavy atom. The Kier molecular flexibility index (Phi) is 9.65. The number of carbonyl (C=O) groups is 3. The number of nitrogens with one attached hydrogen (secondary N) is 3. The topological polar surface area (TPSA) is 132 Å². The number of hydrogen-bond donors (Lipinski definition) is 4. The van der Waals surface area contributed by atoms with Gasteiger partial charge in [0.15, 0.2) is 0 Å². The second kappa shape index (κ2) is 12.7. The van der Waals surface area contributed by atoms with Gasteiger partial charge in [0.2, 0.25) is 17.7 Å². The summed E-state index contributed by atoms with van der Waals surface area (Å²) >= 11 is 0. The van der Waals surface area contributed by atoms with E-state index in [1.807, 2.05) is 0 Å². The van der Waals surface area contributed by atoms with Gasteiger partial charge < -0.3 is 26.2 Å². The van der Waals surface area contributed by atoms with E-state index >= 15 is 0 Å². The highest BCUT2D eigenvalue weighted by Gasteiger charge is 2.30. The van der Waals surface area contributed by atoms with Gasteiger partial charge in [-0.15, -0.1) is 0 Å². The van der Waals surface area contributed by atoms with Crippen LogP contribution in [0.3, 0.4) is 0 Å². The maximum absolute atomic E-state index is 12.9. The Balaban J connectivity index is 1.48. The van der Waals surface area contributed by atoms with Crippen molar-refractivity contribution in [3.05, 3.63) is 35.4 Å². The fraction of sp³-hybridized carbons (Fsp3) is 0.615. The molecule has 9 nitrogen and oxygen atoms in total. The number of benzene rings is 1. The Hall–Kier alpha value is -2.94. The van der Waals surface area contributed by atoms with Gasteiger partial charge in [0.1, 0.15) is 11.8 Å². The van der Waals surface area contributed by atoms with Crippen LogP contribution in [0, 0.1) is 11.3 Å². The maximum Gasteiger partial charge on any atom is 0.239 e. The molecular weight excluding hydrogens is 444 g/mol. The van der Waals surface area contributed by atoms with E-state index < -0.39 is 11.8 Å². The van der Waals surface area contributed by atoms with Crippen LogP contribution in [-0.4, -0.2) is 79.2 Å². The lowest BCUT2D eigenvalue weighted by Crippen LogP contribution is -2.50. The predicted molar refractivity (Wildman–Crippen MR) is 136 cm³/mol. The second-order valence-electron chi connectivity index (χ2n) is 9.99. The Morgan fingerprint density at radius 1 is 1.06 bits per heavy atom. The first-order valence-corrected chi connectivity index (χ1v) is 12.7. The van der Waals surface area contributed by atoms with E-state index in [0.29, 0.717) is 11.6 Å². The quantitative estimate of drug-likeness (QED) is 0.238. The normalized spacial score (nSPS) is 18.5. The summed E-state index contributed by atoms with van der Waals surface area (Å²) in [6, 6.07) is 7.72. The minimum atomic E-state index is -0.945. The number of rotatable bonds is 9. The summed E-state index contributed by atoms with van der Waals surface area (Å²) in [5.41, 5.74) is 6.85. The Labute approximate surface area is 208 Å². The molecular formula is C26H40N6O3. The van der Waals surface area contributed by atoms with Crippen LogP contribution < -0.4 is 16.4 Å². The molecule has 5 N–H and O–H groups in total. The first-order chi connectivity index (χ1) is 16.7. The van der Waals surface area contributed by atoms with Crippen molar-refractivity contribution < 1.29 is 14.4 Å². The van der Waals surface area contributed by atoms with E-state index in [0.717, 1.165) is 31.5 Å². The minimum absolute atomic E-state index is 0.0408. The van der Waals surface area contributed by atoms with Crippen LogP contribution in [0.15, 0.2) is 24.3 Å². The molecule has 0 spiro atoms. The molecule has 0 bridgehead atoms. The number of piperidine rings is 1. The maximum atomic E-state index is 12.9. The zero-order valence-electron chi connectivity index (χ0n) is 21.0. The molecule has 1 saturated carbocycles. The van der Waals surface area contributed by atoms with Gasteiger partial charge >= 0.3 is 0 Å². The average molecular weight is 485 g/mol. The number of amides is 3. The second-order valence-corrected chi connectivity index (χ2v) is 9.99. The van der Waals surface area contributed by atoms with E-state index in [-0.39, 0.29) is 36.7 Å². The third-order valence-electron chi connectivity index (χ3n) is 7.17. The van der Waals surface area contributed by atoms with Crippen molar-refractivity contribution in [2.45, 2.75) is 63.5 Å². The SMILES string of the molecule is CN(C)C(=O)C(Cc1ccc(C(=N)N)cc1)C(=O)NCC(=O)NC1CCN(C2CCCCC2)CC1. The molecule has 0 aromatic heterocycles. The lowest BCUT2D eigenvalue weighted by molar-refractivity contribution is -0.141. The van der Waals surface area contributed by atoms with Gasteiger partial charge in [-0.25, -0.2) is 0 Å². The molecule has 2 aliphatic rings. The van der Waals surface area contributed by atoms with Crippen molar-refractivity contribution in [3.8, 4) is 0 Å². The fourth-order valence-corrected chi connectivity index (χ4v) is 5.08. The van der Waals surface area contributed by atoms with E-state index in [1.165, 1.54) is 37.0 Å². The number of amidine groups is 1. The zero-order valence-corrected chi connectivity index (χ0v) is 21.0. The number of hydrogen-bond acceptors (Lipinski definition) is 5. The van der Waals surface area contributed by atoms with Crippen LogP contribution in [0.25, 0.3) is 0 Å². The fourth-order valence-electron chi connectivity index (χ4n) is 5.08. The van der Waals surface area contributed by atoms with Crippen LogP contribution in [0.4, 0.5) is 0 Å². The molecule has 1 aromatic carbocycles. The molecule has 9 heteroatoms. The van der Waals surface area contributed by atoms with Gasteiger partial charge in [-0.2, -0.15) is 0 Å². The molecule has 1 heterocycles. The summed E-state index contributed by atoms with van der Waals surface area (Å²) in [7, 11) is 3.21. The largest absolute Gasteiger partial charge is 0.384 e. The van der Waals surface area contributed by atoms with Crippen LogP contribution in [0.2, 0.25) is 0 Å². The van der Waals surface area contributed by atoms with Crippen LogP contribution in [-0.2, 0) is 20.8 Å². The first-order valence-electron chi connectivity index (χ1n) is 12.7. The molecule has 1 atom stereocenters. The predicted octanol–water partition coefficient (Wildman–Crippen LogP) is 1.25. The van der Waals surface area contributed by atoms with E-state index in [1.54, 1.807) is 38.4 Å². The molecule has 1 unspecified atom stereocenters. The molecule has 3 rings (SSSR count). The molecule has 2 fully saturated rings. The van der Waals surface area contributed by atoms with E-state index in [4.69, 9.17) is 11.1 Å². The van der Waals surface area contributed by atoms with Crippen LogP contribution in [0.1, 0.15) is 56.1 Å². The van der Waals surface area contributed by atoms with Gasteiger partial charge in [-0.1, -0.05) is 43.5 Å². The van der Waals surface area contributed by atoms with E-state index in [9.17, 15) is 14.4 Å². The van der Waals surface area contributed by atoms with Gasteiger partial charge in [-0.05, 0) is 37.7 Å². The highest BCUT2D eigenvalue weighted by molar-refractivity contribution is 6.01. The standard InChI is InChI=1S/C26H40N6O3/c1-31(2)26(35)22(16-18-8-10-19(11-9-18)24(27)28)25(34)29-17-23(33)30-20-12-14-32(15-13-20)21-6-4-3-5-7-21/h8-11,20-22H,3-7,12-17H2,1-2H3,(H3,27,28)(H,29,34)(H,30,33). The lowest BCUT2D eigenvalue weighted by atomic mass is 9.92. The van der Waals surface area contributed by atoms with Crippen molar-refractivity contribution in [2.75, 3.05) is 33.7 Å². The minimum Gasteiger partial charge on any atom is -0.384 e. The van der Waals surface area contributed by atoms with Crippen molar-refractivity contribution >= 4 is 23.6 Å². The first kappa shape index (κ1) is 26.7. The summed E-state index contributed by atoms with van der Waals surface area (Å²) in [5, 5.41) is 13.2. The highest BCUT2D eigenvalue weighted by Crippen LogP contribution is 2.25. The smallest absolute Gasteiger partial charge is 0.239 e. The third kappa shape index (κ3) is 7.78. The van der Waals surface area contributed by atoms with Gasteiger partial charge in [-0.3, -0.25) is 19.8 Å². The summed E-state index contributed by atoms with van der Waals surface area (Å²) < 4.78 is 0. The lowest BCUT2D eigenvalue weighted by Gasteiger charge is -2.39.